The number of nitrogens with one attached hydrogen (secondary N) is 1. The Kier molecular flexibility index (Phi) is 3.57. The van der Waals surface area contributed by atoms with Gasteiger partial charge in [-0.15, -0.1) is 11.3 Å². The standard InChI is InChI=1S/C23H22N2OS/c1-13-8-10-27-22(13)21-20-15(11-23(2,3)12-18(20)26)19-14-5-4-9-24-16(14)6-7-17(19)25-21/h4-10,21,25H,11-12H2,1-3H3/t21-/m1/s1. The Hall–Kier alpha value is -2.46. The van der Waals surface area contributed by atoms with E-state index in [4.69, 9.17) is 0 Å². The first kappa shape index (κ1) is 16.7. The highest BCUT2D eigenvalue weighted by Gasteiger charge is 2.41. The lowest BCUT2D eigenvalue weighted by Gasteiger charge is -2.40. The molecule has 1 aliphatic carbocycles. The number of benzene rings is 1. The zero-order valence-electron chi connectivity index (χ0n) is 15.8. The van der Waals surface area contributed by atoms with Gasteiger partial charge in [0, 0.05) is 39.7 Å². The van der Waals surface area contributed by atoms with Crippen LogP contribution in [0.2, 0.25) is 0 Å². The van der Waals surface area contributed by atoms with Crippen molar-refractivity contribution in [2.75, 3.05) is 5.32 Å². The molecule has 2 aliphatic rings. The lowest BCUT2D eigenvalue weighted by Crippen LogP contribution is -2.33. The number of aromatic nitrogens is 1. The van der Waals surface area contributed by atoms with E-state index in [9.17, 15) is 4.79 Å². The molecule has 0 radical (unpaired) electrons. The summed E-state index contributed by atoms with van der Waals surface area (Å²) in [5.41, 5.74) is 6.65. The number of fused-ring (bicyclic) bond motifs is 4. The fraction of sp³-hybridized carbons (Fsp3) is 0.304. The van der Waals surface area contributed by atoms with E-state index in [0.29, 0.717) is 6.42 Å². The molecule has 0 bridgehead atoms. The molecule has 1 aliphatic heterocycles. The van der Waals surface area contributed by atoms with Crippen molar-refractivity contribution >= 4 is 39.3 Å². The molecule has 3 nitrogen and oxygen atoms in total. The minimum absolute atomic E-state index is 0.0239. The van der Waals surface area contributed by atoms with Crippen molar-refractivity contribution in [3.8, 4) is 0 Å². The Labute approximate surface area is 163 Å². The van der Waals surface area contributed by atoms with Crippen molar-refractivity contribution in [1.82, 2.24) is 4.98 Å². The first-order chi connectivity index (χ1) is 12.9. The number of carbonyl (C=O) groups is 1. The molecular weight excluding hydrogens is 352 g/mol. The second-order valence-corrected chi connectivity index (χ2v) is 9.38. The highest BCUT2D eigenvalue weighted by Crippen LogP contribution is 2.52. The average molecular weight is 375 g/mol. The van der Waals surface area contributed by atoms with Crippen LogP contribution in [-0.4, -0.2) is 10.8 Å². The monoisotopic (exact) mass is 374 g/mol. The highest BCUT2D eigenvalue weighted by atomic mass is 32.1. The Morgan fingerprint density at radius 1 is 1.19 bits per heavy atom. The maximum absolute atomic E-state index is 13.3. The molecule has 0 amide bonds. The van der Waals surface area contributed by atoms with Crippen LogP contribution in [0.4, 0.5) is 5.69 Å². The number of nitrogens with zero attached hydrogens (tertiary/aromatic N) is 1. The number of allylic oxidation sites excluding steroid dienone is 1. The molecule has 0 spiro atoms. The molecule has 27 heavy (non-hydrogen) atoms. The Morgan fingerprint density at radius 2 is 2.04 bits per heavy atom. The lowest BCUT2D eigenvalue weighted by molar-refractivity contribution is -0.118. The van der Waals surface area contributed by atoms with Crippen molar-refractivity contribution in [2.24, 2.45) is 5.41 Å². The van der Waals surface area contributed by atoms with Gasteiger partial charge < -0.3 is 5.32 Å². The molecule has 1 N–H and O–H groups in total. The molecular formula is C23H22N2OS. The molecule has 1 atom stereocenters. The van der Waals surface area contributed by atoms with E-state index < -0.39 is 0 Å². The quantitative estimate of drug-likeness (QED) is 0.575. The smallest absolute Gasteiger partial charge is 0.162 e. The van der Waals surface area contributed by atoms with Gasteiger partial charge in [-0.1, -0.05) is 19.9 Å². The van der Waals surface area contributed by atoms with E-state index in [2.05, 4.69) is 60.7 Å². The number of anilines is 1. The minimum Gasteiger partial charge on any atom is -0.373 e. The van der Waals surface area contributed by atoms with Crippen molar-refractivity contribution in [3.05, 3.63) is 63.5 Å². The third-order valence-corrected chi connectivity index (χ3v) is 6.84. The SMILES string of the molecule is Cc1ccsc1[C@@H]1Nc2ccc3ncccc3c2C2=C1C(=O)CC(C)(C)C2. The number of Topliss-reactive ketones (excluding diaryl/α,β-unsaturated/α-hetero) is 1. The average Bonchev–Trinajstić information content (AvgIpc) is 3.05. The van der Waals surface area contributed by atoms with Gasteiger partial charge in [0.25, 0.3) is 0 Å². The molecule has 136 valence electrons. The topological polar surface area (TPSA) is 42.0 Å². The van der Waals surface area contributed by atoms with Crippen molar-refractivity contribution < 1.29 is 4.79 Å². The fourth-order valence-corrected chi connectivity index (χ4v) is 5.58. The summed E-state index contributed by atoms with van der Waals surface area (Å²) in [5.74, 6) is 0.276. The number of ketones is 1. The van der Waals surface area contributed by atoms with E-state index >= 15 is 0 Å². The van der Waals surface area contributed by atoms with Crippen LogP contribution in [0, 0.1) is 12.3 Å². The van der Waals surface area contributed by atoms with E-state index in [1.165, 1.54) is 21.6 Å². The molecule has 3 heterocycles. The normalized spacial score (nSPS) is 21.0. The van der Waals surface area contributed by atoms with Gasteiger partial charge in [-0.25, -0.2) is 0 Å². The zero-order valence-corrected chi connectivity index (χ0v) is 16.6. The number of pyridine rings is 1. The summed E-state index contributed by atoms with van der Waals surface area (Å²) in [7, 11) is 0. The van der Waals surface area contributed by atoms with Gasteiger partial charge in [0.2, 0.25) is 0 Å². The van der Waals surface area contributed by atoms with E-state index in [1.54, 1.807) is 11.3 Å². The van der Waals surface area contributed by atoms with Gasteiger partial charge in [-0.2, -0.15) is 0 Å². The van der Waals surface area contributed by atoms with Crippen LogP contribution in [0.3, 0.4) is 0 Å². The maximum Gasteiger partial charge on any atom is 0.162 e. The summed E-state index contributed by atoms with van der Waals surface area (Å²) in [6.07, 6.45) is 3.35. The largest absolute Gasteiger partial charge is 0.373 e. The summed E-state index contributed by atoms with van der Waals surface area (Å²) in [4.78, 5) is 19.1. The number of hydrogen-bond acceptors (Lipinski definition) is 4. The van der Waals surface area contributed by atoms with Gasteiger partial charge >= 0.3 is 0 Å². The molecule has 0 saturated heterocycles. The van der Waals surface area contributed by atoms with Crippen molar-refractivity contribution in [2.45, 2.75) is 39.7 Å². The molecule has 0 unspecified atom stereocenters. The van der Waals surface area contributed by atoms with Crippen LogP contribution in [0.5, 0.6) is 0 Å². The molecule has 5 rings (SSSR count). The highest BCUT2D eigenvalue weighted by molar-refractivity contribution is 7.10. The predicted octanol–water partition coefficient (Wildman–Crippen LogP) is 5.91. The van der Waals surface area contributed by atoms with Gasteiger partial charge in [-0.3, -0.25) is 9.78 Å². The summed E-state index contributed by atoms with van der Waals surface area (Å²) >= 11 is 1.73. The van der Waals surface area contributed by atoms with Crippen LogP contribution >= 0.6 is 11.3 Å². The van der Waals surface area contributed by atoms with Crippen molar-refractivity contribution in [1.29, 1.82) is 0 Å². The van der Waals surface area contributed by atoms with E-state index in [-0.39, 0.29) is 17.2 Å². The Morgan fingerprint density at radius 3 is 2.81 bits per heavy atom. The van der Waals surface area contributed by atoms with Gasteiger partial charge in [0.05, 0.1) is 11.6 Å². The number of thiophene rings is 1. The van der Waals surface area contributed by atoms with Crippen LogP contribution in [-0.2, 0) is 4.79 Å². The maximum atomic E-state index is 13.3. The first-order valence-corrected chi connectivity index (χ1v) is 10.3. The van der Waals surface area contributed by atoms with Gasteiger partial charge in [0.15, 0.2) is 5.78 Å². The molecule has 4 heteroatoms. The number of carbonyl (C=O) groups excluding carboxylic acids is 1. The van der Waals surface area contributed by atoms with Crippen LogP contribution < -0.4 is 5.32 Å². The Bertz CT molecular complexity index is 1120. The Balaban J connectivity index is 1.83. The summed E-state index contributed by atoms with van der Waals surface area (Å²) < 4.78 is 0. The second kappa shape index (κ2) is 5.77. The van der Waals surface area contributed by atoms with E-state index in [0.717, 1.165) is 28.6 Å². The third kappa shape index (κ3) is 2.54. The lowest BCUT2D eigenvalue weighted by atomic mass is 9.68. The summed E-state index contributed by atoms with van der Waals surface area (Å²) in [6, 6.07) is 10.4. The number of hydrogen-bond donors (Lipinski definition) is 1. The van der Waals surface area contributed by atoms with Crippen LogP contribution in [0.15, 0.2) is 47.5 Å². The van der Waals surface area contributed by atoms with E-state index in [1.807, 2.05) is 12.3 Å². The molecule has 0 saturated carbocycles. The molecule has 0 fully saturated rings. The van der Waals surface area contributed by atoms with Gasteiger partial charge in [-0.05, 0) is 59.5 Å². The van der Waals surface area contributed by atoms with Crippen molar-refractivity contribution in [3.63, 3.8) is 0 Å². The molecule has 1 aromatic carbocycles. The van der Waals surface area contributed by atoms with Crippen LogP contribution in [0.1, 0.15) is 48.7 Å². The zero-order chi connectivity index (χ0) is 18.8. The molecule has 2 aromatic heterocycles. The third-order valence-electron chi connectivity index (χ3n) is 5.76. The summed E-state index contributed by atoms with van der Waals surface area (Å²) in [6.45, 7) is 6.53. The first-order valence-electron chi connectivity index (χ1n) is 9.39. The molecule has 3 aromatic rings. The second-order valence-electron chi connectivity index (χ2n) is 8.44. The van der Waals surface area contributed by atoms with Gasteiger partial charge in [0.1, 0.15) is 0 Å². The fourth-order valence-electron chi connectivity index (χ4n) is 4.60. The van der Waals surface area contributed by atoms with Crippen LogP contribution in [0.25, 0.3) is 16.5 Å². The number of rotatable bonds is 1. The number of aryl methyl sites for hydroxylation is 1. The minimum atomic E-state index is -0.0507. The summed E-state index contributed by atoms with van der Waals surface area (Å²) in [5, 5.41) is 6.93. The predicted molar refractivity (Wildman–Crippen MR) is 112 cm³/mol.